The molecule has 5 nitrogen and oxygen atoms in total. The number of carbonyl (C=O) groups excluding carboxylic acids is 1. The predicted molar refractivity (Wildman–Crippen MR) is 57.7 cm³/mol. The van der Waals surface area contributed by atoms with Gasteiger partial charge >= 0.3 is 71.2 Å². The third-order valence-electron chi connectivity index (χ3n) is 0.789. The van der Waals surface area contributed by atoms with Crippen LogP contribution in [0.2, 0.25) is 0 Å². The zero-order valence-electron chi connectivity index (χ0n) is 5.59. The number of rotatable bonds is 2. The monoisotopic (exact) mass is 245 g/mol. The Balaban J connectivity index is -0.000000500. The summed E-state index contributed by atoms with van der Waals surface area (Å²) in [6.45, 7) is 1.23. The van der Waals surface area contributed by atoms with Crippen LogP contribution in [0.25, 0.3) is 0 Å². The first-order chi connectivity index (χ1) is 4.95. The Kier molecular flexibility index (Phi) is 15.3. The van der Waals surface area contributed by atoms with Crippen molar-refractivity contribution in [2.45, 2.75) is 13.0 Å². The third kappa shape index (κ3) is 9.74. The second-order valence-corrected chi connectivity index (χ2v) is 2.77. The van der Waals surface area contributed by atoms with Crippen molar-refractivity contribution in [2.24, 2.45) is 0 Å². The van der Waals surface area contributed by atoms with Crippen molar-refractivity contribution < 1.29 is 19.4 Å². The van der Waals surface area contributed by atoms with E-state index < -0.39 is 18.2 Å². The Morgan fingerprint density at radius 3 is 2.00 bits per heavy atom. The van der Waals surface area contributed by atoms with E-state index in [-0.39, 0.29) is 59.1 Å². The van der Waals surface area contributed by atoms with Crippen LogP contribution in [0.15, 0.2) is 0 Å². The van der Waals surface area contributed by atoms with Crippen molar-refractivity contribution in [1.82, 2.24) is 3.71 Å². The average Bonchev–Trinajstić information content (AvgIpc) is 1.87. The molecule has 0 heterocycles. The number of carbonyl (C=O) groups is 2. The molecule has 0 saturated heterocycles. The van der Waals surface area contributed by atoms with Gasteiger partial charge in [-0.3, -0.25) is 0 Å². The molecule has 1 unspecified atom stereocenters. The maximum absolute atomic E-state index is 10.5. The molecule has 0 rings (SSSR count). The summed E-state index contributed by atoms with van der Waals surface area (Å²) in [4.78, 5) is 20.7. The summed E-state index contributed by atoms with van der Waals surface area (Å²) in [5, 5.41) is 8.27. The van der Waals surface area contributed by atoms with Gasteiger partial charge in [-0.1, -0.05) is 0 Å². The van der Waals surface area contributed by atoms with Gasteiger partial charge in [0.1, 0.15) is 0 Å². The van der Waals surface area contributed by atoms with Crippen LogP contribution in [0.4, 0.5) is 4.79 Å². The summed E-state index contributed by atoms with van der Waals surface area (Å²) in [6.07, 6.45) is -2.11. The van der Waals surface area contributed by atoms with Crippen molar-refractivity contribution >= 4 is 96.8 Å². The number of carboxylic acids is 1. The van der Waals surface area contributed by atoms with Crippen LogP contribution < -0.4 is 0 Å². The van der Waals surface area contributed by atoms with Gasteiger partial charge in [-0.05, 0) is 32.6 Å². The van der Waals surface area contributed by atoms with Gasteiger partial charge in [0.05, 0.1) is 0 Å². The van der Waals surface area contributed by atoms with E-state index in [1.54, 1.807) is 0 Å². The van der Waals surface area contributed by atoms with Crippen molar-refractivity contribution in [3.63, 3.8) is 0 Å². The van der Waals surface area contributed by atoms with E-state index in [4.69, 9.17) is 5.11 Å². The predicted octanol–water partition coefficient (Wildman–Crippen LogP) is -0.709. The first kappa shape index (κ1) is 19.9. The fourth-order valence-electron chi connectivity index (χ4n) is 0.249. The molecule has 1 atom stereocenters. The van der Waals surface area contributed by atoms with Gasteiger partial charge in [0.25, 0.3) is 0 Å². The standard InChI is InChI=1S/C4H7NO4S2.2Na.2H/c1-2(3(6)7)9-4(8)5(10)11;;;;/h2,10-11H,1H3,(H,6,7);;;;. The first-order valence-electron chi connectivity index (χ1n) is 2.56. The second-order valence-electron chi connectivity index (χ2n) is 1.65. The van der Waals surface area contributed by atoms with Crippen LogP contribution in [0.3, 0.4) is 0 Å². The Labute approximate surface area is 131 Å². The zero-order chi connectivity index (χ0) is 9.02. The molecule has 0 saturated carbocycles. The molecule has 0 aromatic heterocycles. The van der Waals surface area contributed by atoms with Gasteiger partial charge in [0.15, 0.2) is 6.10 Å². The van der Waals surface area contributed by atoms with Crippen molar-refractivity contribution in [1.29, 1.82) is 0 Å². The van der Waals surface area contributed by atoms with Crippen LogP contribution in [-0.2, 0) is 9.53 Å². The number of thiol groups is 2. The summed E-state index contributed by atoms with van der Waals surface area (Å²) in [7, 11) is 0. The minimum absolute atomic E-state index is 0. The van der Waals surface area contributed by atoms with Gasteiger partial charge in [0, 0.05) is 0 Å². The number of nitrogens with zero attached hydrogens (tertiary/aromatic N) is 1. The Hall–Kier alpha value is 1.44. The van der Waals surface area contributed by atoms with Gasteiger partial charge in [-0.25, -0.2) is 9.59 Å². The summed E-state index contributed by atoms with van der Waals surface area (Å²) in [6, 6.07) is 0. The van der Waals surface area contributed by atoms with Crippen molar-refractivity contribution in [3.8, 4) is 0 Å². The quantitative estimate of drug-likeness (QED) is 0.444. The number of aliphatic carboxylic acids is 1. The summed E-state index contributed by atoms with van der Waals surface area (Å²) < 4.78 is 4.86. The van der Waals surface area contributed by atoms with Crippen LogP contribution in [-0.4, -0.2) is 86.1 Å². The molecule has 0 aliphatic carbocycles. The number of carboxylic acid groups (broad SMARTS) is 1. The van der Waals surface area contributed by atoms with Gasteiger partial charge < -0.3 is 9.84 Å². The minimum atomic E-state index is -1.22. The Morgan fingerprint density at radius 2 is 1.77 bits per heavy atom. The summed E-state index contributed by atoms with van der Waals surface area (Å²) in [5.41, 5.74) is 0. The van der Waals surface area contributed by atoms with E-state index in [0.717, 1.165) is 0 Å². The molecule has 9 heteroatoms. The van der Waals surface area contributed by atoms with Gasteiger partial charge in [0.2, 0.25) is 0 Å². The van der Waals surface area contributed by atoms with Gasteiger partial charge in [-0.15, -0.1) is 0 Å². The molecule has 68 valence electrons. The molecule has 0 bridgehead atoms. The van der Waals surface area contributed by atoms with E-state index in [1.165, 1.54) is 6.92 Å². The number of hydrogen-bond acceptors (Lipinski definition) is 5. The summed E-state index contributed by atoms with van der Waals surface area (Å²) >= 11 is 6.93. The second kappa shape index (κ2) is 9.97. The number of amides is 1. The molecule has 0 spiro atoms. The van der Waals surface area contributed by atoms with Crippen LogP contribution in [0, 0.1) is 0 Å². The Bertz CT molecular complexity index is 180. The molecule has 0 aromatic rings. The van der Waals surface area contributed by atoms with Crippen LogP contribution >= 0.6 is 25.6 Å². The molecular weight excluding hydrogens is 236 g/mol. The van der Waals surface area contributed by atoms with E-state index in [0.29, 0.717) is 3.71 Å². The normalized spacial score (nSPS) is 10.1. The Morgan fingerprint density at radius 1 is 1.38 bits per heavy atom. The van der Waals surface area contributed by atoms with E-state index in [9.17, 15) is 9.59 Å². The molecule has 1 N–H and O–H groups in total. The van der Waals surface area contributed by atoms with Gasteiger partial charge in [-0.2, -0.15) is 3.71 Å². The fraction of sp³-hybridized carbons (Fsp3) is 0.500. The van der Waals surface area contributed by atoms with E-state index in [1.807, 2.05) is 0 Å². The van der Waals surface area contributed by atoms with Crippen LogP contribution in [0.5, 0.6) is 0 Å². The molecule has 1 amide bonds. The molecule has 0 fully saturated rings. The number of hydrogen-bond donors (Lipinski definition) is 3. The first-order valence-corrected chi connectivity index (χ1v) is 3.36. The molecule has 0 aromatic carbocycles. The van der Waals surface area contributed by atoms with E-state index >= 15 is 0 Å². The summed E-state index contributed by atoms with van der Waals surface area (Å²) in [5.74, 6) is -1.22. The number of ether oxygens (including phenoxy) is 1. The van der Waals surface area contributed by atoms with Crippen LogP contribution in [0.1, 0.15) is 6.92 Å². The molecule has 0 aliphatic rings. The van der Waals surface area contributed by atoms with Crippen molar-refractivity contribution in [2.75, 3.05) is 0 Å². The molecular formula is C4H9NNa2O4S2. The zero-order valence-corrected chi connectivity index (χ0v) is 7.38. The fourth-order valence-corrected chi connectivity index (χ4v) is 0.343. The van der Waals surface area contributed by atoms with E-state index in [2.05, 4.69) is 30.4 Å². The maximum atomic E-state index is 10.5. The average molecular weight is 245 g/mol. The SMILES string of the molecule is CC(OC(=O)N(S)S)C(=O)O.[NaH].[NaH]. The molecule has 0 radical (unpaired) electrons. The topological polar surface area (TPSA) is 66.8 Å². The third-order valence-corrected chi connectivity index (χ3v) is 1.12. The molecule has 13 heavy (non-hydrogen) atoms. The van der Waals surface area contributed by atoms with Crippen molar-refractivity contribution in [3.05, 3.63) is 0 Å². The molecule has 0 aliphatic heterocycles.